The van der Waals surface area contributed by atoms with Gasteiger partial charge in [-0.3, -0.25) is 14.4 Å². The molecule has 0 radical (unpaired) electrons. The summed E-state index contributed by atoms with van der Waals surface area (Å²) in [4.78, 5) is 50.6. The van der Waals surface area contributed by atoms with E-state index >= 15 is 0 Å². The summed E-state index contributed by atoms with van der Waals surface area (Å²) in [5.74, 6) is -0.676. The fourth-order valence-corrected chi connectivity index (χ4v) is 2.80. The monoisotopic (exact) mass is 371 g/mol. The van der Waals surface area contributed by atoms with E-state index < -0.39 is 12.6 Å². The number of likely N-dealkylation sites (tertiary alicyclic amines) is 1. The summed E-state index contributed by atoms with van der Waals surface area (Å²) in [5.41, 5.74) is 0.678. The highest BCUT2D eigenvalue weighted by Gasteiger charge is 2.22. The lowest BCUT2D eigenvalue weighted by atomic mass is 10.2. The van der Waals surface area contributed by atoms with E-state index in [0.29, 0.717) is 17.2 Å². The Morgan fingerprint density at radius 3 is 2.63 bits per heavy atom. The molecule has 9 heteroatoms. The number of Topliss-reactive ketones (excluding diaryl/α,β-unsaturated/α-hetero) is 1. The minimum Gasteiger partial charge on any atom is -0.456 e. The molecule has 0 bridgehead atoms. The summed E-state index contributed by atoms with van der Waals surface area (Å²) in [6.45, 7) is 0.995. The van der Waals surface area contributed by atoms with Crippen molar-refractivity contribution in [1.29, 1.82) is 0 Å². The summed E-state index contributed by atoms with van der Waals surface area (Å²) < 4.78 is 5.02. The van der Waals surface area contributed by atoms with Crippen LogP contribution >= 0.6 is 0 Å². The quantitative estimate of drug-likeness (QED) is 0.569. The number of nitrogens with zero attached hydrogens (tertiary/aromatic N) is 4. The van der Waals surface area contributed by atoms with E-state index in [0.717, 1.165) is 25.9 Å². The van der Waals surface area contributed by atoms with Gasteiger partial charge in [-0.05, 0) is 25.0 Å². The zero-order valence-corrected chi connectivity index (χ0v) is 15.1. The number of likely N-dealkylation sites (N-methyl/N-ethyl adjacent to an activating group) is 1. The molecule has 0 atom stereocenters. The molecule has 9 nitrogen and oxygen atoms in total. The van der Waals surface area contributed by atoms with Gasteiger partial charge < -0.3 is 19.5 Å². The van der Waals surface area contributed by atoms with Crippen molar-refractivity contribution in [3.8, 4) is 0 Å². The number of ketones is 1. The van der Waals surface area contributed by atoms with Crippen LogP contribution in [0.3, 0.4) is 0 Å². The average Bonchev–Trinajstić information content (AvgIpc) is 3.38. The molecule has 27 heavy (non-hydrogen) atoms. The molecule has 1 fully saturated rings. The molecule has 0 spiro atoms. The first kappa shape index (κ1) is 18.6. The second kappa shape index (κ2) is 8.43. The molecule has 3 heterocycles. The van der Waals surface area contributed by atoms with Crippen LogP contribution in [-0.2, 0) is 9.53 Å². The lowest BCUT2D eigenvalue weighted by molar-refractivity contribution is -0.140. The van der Waals surface area contributed by atoms with E-state index in [9.17, 15) is 14.4 Å². The van der Waals surface area contributed by atoms with E-state index in [1.807, 2.05) is 0 Å². The molecule has 0 aromatic carbocycles. The number of esters is 1. The van der Waals surface area contributed by atoms with E-state index in [1.165, 1.54) is 17.2 Å². The van der Waals surface area contributed by atoms with Gasteiger partial charge in [0.05, 0.1) is 0 Å². The molecular formula is C18H21N5O4. The summed E-state index contributed by atoms with van der Waals surface area (Å²) in [6.07, 6.45) is 6.60. The zero-order chi connectivity index (χ0) is 19.2. The smallest absolute Gasteiger partial charge is 0.326 e. The van der Waals surface area contributed by atoms with Crippen LogP contribution < -0.4 is 4.90 Å². The van der Waals surface area contributed by atoms with Crippen LogP contribution in [0.5, 0.6) is 0 Å². The van der Waals surface area contributed by atoms with Gasteiger partial charge in [0, 0.05) is 44.3 Å². The summed E-state index contributed by atoms with van der Waals surface area (Å²) in [6, 6.07) is 3.18. The van der Waals surface area contributed by atoms with E-state index in [-0.39, 0.29) is 18.2 Å². The van der Waals surface area contributed by atoms with Gasteiger partial charge in [-0.2, -0.15) is 0 Å². The maximum atomic E-state index is 12.3. The Hall–Kier alpha value is -3.23. The number of anilines is 1. The second-order valence-electron chi connectivity index (χ2n) is 6.29. The molecule has 3 rings (SSSR count). The van der Waals surface area contributed by atoms with E-state index in [2.05, 4.69) is 15.0 Å². The number of rotatable bonds is 7. The topological polar surface area (TPSA) is 108 Å². The van der Waals surface area contributed by atoms with Crippen molar-refractivity contribution < 1.29 is 19.1 Å². The van der Waals surface area contributed by atoms with Gasteiger partial charge in [-0.15, -0.1) is 0 Å². The van der Waals surface area contributed by atoms with Crippen LogP contribution in [0, 0.1) is 0 Å². The van der Waals surface area contributed by atoms with Crippen LogP contribution in [0.25, 0.3) is 0 Å². The SMILES string of the molecule is CN(CC(=O)OCC(=O)c1c[nH]c(C(=O)N2CCCC2)c1)c1ncccn1. The maximum absolute atomic E-state index is 12.3. The molecule has 1 aliphatic heterocycles. The number of carbonyl (C=O) groups excluding carboxylic acids is 3. The molecule has 1 amide bonds. The second-order valence-corrected chi connectivity index (χ2v) is 6.29. The number of H-pyrrole nitrogens is 1. The Bertz CT molecular complexity index is 814. The number of amides is 1. The van der Waals surface area contributed by atoms with Crippen molar-refractivity contribution in [1.82, 2.24) is 19.9 Å². The average molecular weight is 371 g/mol. The van der Waals surface area contributed by atoms with Gasteiger partial charge in [0.25, 0.3) is 5.91 Å². The number of hydrogen-bond acceptors (Lipinski definition) is 7. The Labute approximate surface area is 156 Å². The third-order valence-electron chi connectivity index (χ3n) is 4.25. The highest BCUT2D eigenvalue weighted by Crippen LogP contribution is 2.13. The molecule has 0 unspecified atom stereocenters. The van der Waals surface area contributed by atoms with Gasteiger partial charge in [0.2, 0.25) is 11.7 Å². The lowest BCUT2D eigenvalue weighted by Crippen LogP contribution is -2.29. The fraction of sp³-hybridized carbons (Fsp3) is 0.389. The number of aromatic nitrogens is 3. The van der Waals surface area contributed by atoms with Crippen molar-refractivity contribution in [3.63, 3.8) is 0 Å². The zero-order valence-electron chi connectivity index (χ0n) is 15.1. The predicted octanol–water partition coefficient (Wildman–Crippen LogP) is 0.903. The highest BCUT2D eigenvalue weighted by molar-refractivity contribution is 6.01. The number of nitrogens with one attached hydrogen (secondary N) is 1. The summed E-state index contributed by atoms with van der Waals surface area (Å²) in [7, 11) is 1.65. The predicted molar refractivity (Wildman–Crippen MR) is 96.5 cm³/mol. The van der Waals surface area contributed by atoms with Crippen LogP contribution in [0.1, 0.15) is 33.7 Å². The summed E-state index contributed by atoms with van der Waals surface area (Å²) >= 11 is 0. The van der Waals surface area contributed by atoms with Crippen molar-refractivity contribution in [2.45, 2.75) is 12.8 Å². The van der Waals surface area contributed by atoms with Crippen LogP contribution in [0.2, 0.25) is 0 Å². The van der Waals surface area contributed by atoms with Crippen LogP contribution in [-0.4, -0.2) is 70.8 Å². The van der Waals surface area contributed by atoms with Gasteiger partial charge in [-0.1, -0.05) is 0 Å². The first-order valence-electron chi connectivity index (χ1n) is 8.69. The largest absolute Gasteiger partial charge is 0.456 e. The minimum atomic E-state index is -0.567. The van der Waals surface area contributed by atoms with Gasteiger partial charge in [-0.25, -0.2) is 9.97 Å². The number of carbonyl (C=O) groups is 3. The maximum Gasteiger partial charge on any atom is 0.326 e. The van der Waals surface area contributed by atoms with Crippen molar-refractivity contribution in [2.24, 2.45) is 0 Å². The summed E-state index contributed by atoms with van der Waals surface area (Å²) in [5, 5.41) is 0. The van der Waals surface area contributed by atoms with E-state index in [1.54, 1.807) is 30.4 Å². The Morgan fingerprint density at radius 2 is 1.93 bits per heavy atom. The number of hydrogen-bond donors (Lipinski definition) is 1. The van der Waals surface area contributed by atoms with Gasteiger partial charge in [0.15, 0.2) is 6.61 Å². The molecule has 2 aromatic rings. The fourth-order valence-electron chi connectivity index (χ4n) is 2.80. The van der Waals surface area contributed by atoms with Crippen molar-refractivity contribution in [3.05, 3.63) is 42.0 Å². The Balaban J connectivity index is 1.49. The first-order valence-corrected chi connectivity index (χ1v) is 8.69. The lowest BCUT2D eigenvalue weighted by Gasteiger charge is -2.15. The first-order chi connectivity index (χ1) is 13.0. The number of ether oxygens (including phenoxy) is 1. The minimum absolute atomic E-state index is 0.0802. The molecule has 0 saturated carbocycles. The normalized spacial score (nSPS) is 13.4. The van der Waals surface area contributed by atoms with Crippen molar-refractivity contribution in [2.75, 3.05) is 38.2 Å². The van der Waals surface area contributed by atoms with Crippen LogP contribution in [0.15, 0.2) is 30.7 Å². The third kappa shape index (κ3) is 4.69. The number of aromatic amines is 1. The van der Waals surface area contributed by atoms with Crippen LogP contribution in [0.4, 0.5) is 5.95 Å². The molecule has 142 valence electrons. The van der Waals surface area contributed by atoms with Crippen molar-refractivity contribution >= 4 is 23.6 Å². The Morgan fingerprint density at radius 1 is 1.22 bits per heavy atom. The molecule has 0 aliphatic carbocycles. The molecule has 1 N–H and O–H groups in total. The Kier molecular flexibility index (Phi) is 5.80. The molecular weight excluding hydrogens is 350 g/mol. The van der Waals surface area contributed by atoms with Gasteiger partial charge in [0.1, 0.15) is 12.2 Å². The van der Waals surface area contributed by atoms with E-state index in [4.69, 9.17) is 4.74 Å². The van der Waals surface area contributed by atoms with Gasteiger partial charge >= 0.3 is 5.97 Å². The molecule has 1 saturated heterocycles. The third-order valence-corrected chi connectivity index (χ3v) is 4.25. The molecule has 2 aromatic heterocycles. The highest BCUT2D eigenvalue weighted by atomic mass is 16.5. The molecule has 1 aliphatic rings. The standard InChI is InChI=1S/C18H21N5O4/c1-22(18-19-5-4-6-20-18)11-16(25)27-12-15(24)13-9-14(21-10-13)17(26)23-7-2-3-8-23/h4-6,9-10,21H,2-3,7-8,11-12H2,1H3.